The second kappa shape index (κ2) is 8.60. The van der Waals surface area contributed by atoms with Gasteiger partial charge in [0.05, 0.1) is 5.56 Å². The first-order chi connectivity index (χ1) is 13.0. The quantitative estimate of drug-likeness (QED) is 0.664. The van der Waals surface area contributed by atoms with Crippen LogP contribution in [0, 0.1) is 13.8 Å². The van der Waals surface area contributed by atoms with E-state index in [4.69, 9.17) is 0 Å². The molecule has 1 amide bonds. The van der Waals surface area contributed by atoms with Crippen LogP contribution in [0.2, 0.25) is 0 Å². The van der Waals surface area contributed by atoms with E-state index in [1.165, 1.54) is 5.56 Å². The summed E-state index contributed by atoms with van der Waals surface area (Å²) in [6, 6.07) is 20.4. The summed E-state index contributed by atoms with van der Waals surface area (Å²) >= 11 is 0. The van der Waals surface area contributed by atoms with Crippen molar-refractivity contribution in [3.8, 4) is 0 Å². The molecule has 0 aliphatic heterocycles. The van der Waals surface area contributed by atoms with E-state index in [9.17, 15) is 4.79 Å². The highest BCUT2D eigenvalue weighted by atomic mass is 16.1. The number of aryl methyl sites for hydroxylation is 2. The Morgan fingerprint density at radius 1 is 1.04 bits per heavy atom. The molecule has 138 valence electrons. The molecule has 3 rings (SSSR count). The van der Waals surface area contributed by atoms with Crippen LogP contribution in [0.4, 0.5) is 5.69 Å². The molecule has 3 aromatic rings. The standard InChI is InChI=1S/C23H25N3O/c1-16-9-11-19(14-25-18(3)20-7-5-4-6-8-20)13-22(16)26-23(27)21-12-10-17(2)24-15-21/h4-13,15,18,25H,14H2,1-3H3,(H,26,27)/t18-/m1/s1. The predicted octanol–water partition coefficient (Wildman–Crippen LogP) is 4.80. The van der Waals surface area contributed by atoms with Crippen LogP contribution < -0.4 is 10.6 Å². The number of amides is 1. The Labute approximate surface area is 160 Å². The highest BCUT2D eigenvalue weighted by molar-refractivity contribution is 6.04. The van der Waals surface area contributed by atoms with Crippen LogP contribution in [0.3, 0.4) is 0 Å². The summed E-state index contributed by atoms with van der Waals surface area (Å²) in [5, 5.41) is 6.53. The van der Waals surface area contributed by atoms with E-state index in [0.29, 0.717) is 5.56 Å². The van der Waals surface area contributed by atoms with Crippen molar-refractivity contribution in [1.82, 2.24) is 10.3 Å². The van der Waals surface area contributed by atoms with E-state index in [0.717, 1.165) is 29.1 Å². The van der Waals surface area contributed by atoms with Gasteiger partial charge in [-0.25, -0.2) is 0 Å². The van der Waals surface area contributed by atoms with Crippen LogP contribution in [0.15, 0.2) is 66.9 Å². The molecule has 0 radical (unpaired) electrons. The fourth-order valence-electron chi connectivity index (χ4n) is 2.84. The van der Waals surface area contributed by atoms with Gasteiger partial charge in [-0.15, -0.1) is 0 Å². The Kier molecular flexibility index (Phi) is 5.99. The van der Waals surface area contributed by atoms with E-state index in [2.05, 4.69) is 40.7 Å². The molecule has 1 aromatic heterocycles. The minimum atomic E-state index is -0.145. The van der Waals surface area contributed by atoms with Crippen LogP contribution in [-0.2, 0) is 6.54 Å². The van der Waals surface area contributed by atoms with Crippen molar-refractivity contribution in [2.75, 3.05) is 5.32 Å². The number of pyridine rings is 1. The lowest BCUT2D eigenvalue weighted by Crippen LogP contribution is -2.18. The SMILES string of the molecule is Cc1ccc(C(=O)Nc2cc(CN[C@H](C)c3ccccc3)ccc2C)cn1. The Morgan fingerprint density at radius 2 is 1.81 bits per heavy atom. The number of rotatable bonds is 6. The molecule has 27 heavy (non-hydrogen) atoms. The molecule has 0 saturated carbocycles. The van der Waals surface area contributed by atoms with Crippen molar-refractivity contribution >= 4 is 11.6 Å². The number of nitrogens with one attached hydrogen (secondary N) is 2. The maximum Gasteiger partial charge on any atom is 0.257 e. The van der Waals surface area contributed by atoms with Crippen molar-refractivity contribution in [2.45, 2.75) is 33.4 Å². The third-order valence-corrected chi connectivity index (χ3v) is 4.64. The average molecular weight is 359 g/mol. The number of carbonyl (C=O) groups is 1. The second-order valence-electron chi connectivity index (χ2n) is 6.80. The third-order valence-electron chi connectivity index (χ3n) is 4.64. The lowest BCUT2D eigenvalue weighted by Gasteiger charge is -2.16. The maximum atomic E-state index is 12.5. The zero-order valence-corrected chi connectivity index (χ0v) is 16.0. The van der Waals surface area contributed by atoms with Gasteiger partial charge < -0.3 is 10.6 Å². The fourth-order valence-corrected chi connectivity index (χ4v) is 2.84. The molecule has 1 heterocycles. The van der Waals surface area contributed by atoms with Crippen LogP contribution in [0.5, 0.6) is 0 Å². The molecular weight excluding hydrogens is 334 g/mol. The van der Waals surface area contributed by atoms with Gasteiger partial charge in [0.25, 0.3) is 5.91 Å². The fraction of sp³-hybridized carbons (Fsp3) is 0.217. The zero-order chi connectivity index (χ0) is 19.2. The van der Waals surface area contributed by atoms with E-state index in [1.807, 2.05) is 50.2 Å². The number of aromatic nitrogens is 1. The van der Waals surface area contributed by atoms with Gasteiger partial charge in [0, 0.05) is 30.2 Å². The summed E-state index contributed by atoms with van der Waals surface area (Å²) in [5.74, 6) is -0.145. The summed E-state index contributed by atoms with van der Waals surface area (Å²) in [6.45, 7) is 6.77. The molecule has 4 nitrogen and oxygen atoms in total. The Hall–Kier alpha value is -2.98. The van der Waals surface area contributed by atoms with Gasteiger partial charge in [-0.3, -0.25) is 9.78 Å². The molecule has 0 aliphatic carbocycles. The zero-order valence-electron chi connectivity index (χ0n) is 16.0. The van der Waals surface area contributed by atoms with Gasteiger partial charge >= 0.3 is 0 Å². The van der Waals surface area contributed by atoms with Crippen molar-refractivity contribution in [3.05, 3.63) is 94.8 Å². The second-order valence-corrected chi connectivity index (χ2v) is 6.80. The molecule has 2 aromatic carbocycles. The molecule has 0 spiro atoms. The lowest BCUT2D eigenvalue weighted by molar-refractivity contribution is 0.102. The van der Waals surface area contributed by atoms with Gasteiger partial charge in [-0.1, -0.05) is 42.5 Å². The molecule has 0 saturated heterocycles. The molecule has 1 atom stereocenters. The van der Waals surface area contributed by atoms with Gasteiger partial charge in [0.1, 0.15) is 0 Å². The number of anilines is 1. The van der Waals surface area contributed by atoms with E-state index in [-0.39, 0.29) is 11.9 Å². The highest BCUT2D eigenvalue weighted by Gasteiger charge is 2.10. The number of benzene rings is 2. The van der Waals surface area contributed by atoms with Crippen LogP contribution in [-0.4, -0.2) is 10.9 Å². The molecule has 0 fully saturated rings. The number of hydrogen-bond donors (Lipinski definition) is 2. The normalized spacial score (nSPS) is 11.8. The Balaban J connectivity index is 1.67. The monoisotopic (exact) mass is 359 g/mol. The molecule has 4 heteroatoms. The lowest BCUT2D eigenvalue weighted by atomic mass is 10.1. The van der Waals surface area contributed by atoms with Crippen LogP contribution in [0.1, 0.15) is 45.7 Å². The topological polar surface area (TPSA) is 54.0 Å². The summed E-state index contributed by atoms with van der Waals surface area (Å²) in [7, 11) is 0. The number of hydrogen-bond acceptors (Lipinski definition) is 3. The van der Waals surface area contributed by atoms with Gasteiger partial charge in [-0.05, 0) is 55.7 Å². The molecule has 2 N–H and O–H groups in total. The molecule has 0 unspecified atom stereocenters. The first-order valence-electron chi connectivity index (χ1n) is 9.15. The van der Waals surface area contributed by atoms with E-state index in [1.54, 1.807) is 12.3 Å². The minimum absolute atomic E-state index is 0.145. The van der Waals surface area contributed by atoms with Gasteiger partial charge in [-0.2, -0.15) is 0 Å². The Morgan fingerprint density at radius 3 is 2.52 bits per heavy atom. The third kappa shape index (κ3) is 5.02. The largest absolute Gasteiger partial charge is 0.322 e. The highest BCUT2D eigenvalue weighted by Crippen LogP contribution is 2.19. The number of carbonyl (C=O) groups excluding carboxylic acids is 1. The first kappa shape index (κ1) is 18.8. The van der Waals surface area contributed by atoms with E-state index < -0.39 is 0 Å². The van der Waals surface area contributed by atoms with Crippen molar-refractivity contribution in [1.29, 1.82) is 0 Å². The van der Waals surface area contributed by atoms with Gasteiger partial charge in [0.2, 0.25) is 0 Å². The van der Waals surface area contributed by atoms with Crippen LogP contribution in [0.25, 0.3) is 0 Å². The molecule has 0 bridgehead atoms. The van der Waals surface area contributed by atoms with Crippen molar-refractivity contribution < 1.29 is 4.79 Å². The van der Waals surface area contributed by atoms with Crippen LogP contribution >= 0.6 is 0 Å². The minimum Gasteiger partial charge on any atom is -0.322 e. The molecule has 0 aliphatic rings. The number of nitrogens with zero attached hydrogens (tertiary/aromatic N) is 1. The smallest absolute Gasteiger partial charge is 0.257 e. The molecular formula is C23H25N3O. The first-order valence-corrected chi connectivity index (χ1v) is 9.15. The summed E-state index contributed by atoms with van der Waals surface area (Å²) in [5.41, 5.74) is 5.69. The van der Waals surface area contributed by atoms with Crippen molar-refractivity contribution in [2.24, 2.45) is 0 Å². The van der Waals surface area contributed by atoms with Crippen molar-refractivity contribution in [3.63, 3.8) is 0 Å². The van der Waals surface area contributed by atoms with E-state index >= 15 is 0 Å². The summed E-state index contributed by atoms with van der Waals surface area (Å²) in [6.07, 6.45) is 1.60. The van der Waals surface area contributed by atoms with Gasteiger partial charge in [0.15, 0.2) is 0 Å². The summed E-state index contributed by atoms with van der Waals surface area (Å²) in [4.78, 5) is 16.7. The summed E-state index contributed by atoms with van der Waals surface area (Å²) < 4.78 is 0. The maximum absolute atomic E-state index is 12.5. The average Bonchev–Trinajstić information content (AvgIpc) is 2.69. The Bertz CT molecular complexity index is 905. The predicted molar refractivity (Wildman–Crippen MR) is 110 cm³/mol.